The average Bonchev–Trinajstić information content (AvgIpc) is 2.64. The van der Waals surface area contributed by atoms with Gasteiger partial charge in [0, 0.05) is 18.6 Å². The zero-order valence-corrected chi connectivity index (χ0v) is 17.5. The maximum Gasteiger partial charge on any atom is 0.264 e. The highest BCUT2D eigenvalue weighted by Gasteiger charge is 2.22. The lowest BCUT2D eigenvalue weighted by Gasteiger charge is -2.20. The fraction of sp³-hybridized carbons (Fsp3) is 0.316. The lowest BCUT2D eigenvalue weighted by molar-refractivity contribution is 0.0953. The minimum Gasteiger partial charge on any atom is -0.352 e. The number of amides is 1. The molecule has 0 fully saturated rings. The van der Waals surface area contributed by atoms with Gasteiger partial charge in [-0.2, -0.15) is 0 Å². The number of rotatable bonds is 8. The highest BCUT2D eigenvalue weighted by Crippen LogP contribution is 2.27. The van der Waals surface area contributed by atoms with Crippen LogP contribution in [0.1, 0.15) is 36.5 Å². The first-order valence-electron chi connectivity index (χ1n) is 8.59. The van der Waals surface area contributed by atoms with Crippen LogP contribution >= 0.6 is 23.2 Å². The average molecular weight is 429 g/mol. The van der Waals surface area contributed by atoms with Crippen molar-refractivity contribution in [2.24, 2.45) is 0 Å². The van der Waals surface area contributed by atoms with Gasteiger partial charge in [-0.15, -0.1) is 0 Å². The van der Waals surface area contributed by atoms with Gasteiger partial charge in [-0.25, -0.2) is 8.42 Å². The molecule has 8 heteroatoms. The van der Waals surface area contributed by atoms with Crippen LogP contribution in [0.4, 0.5) is 5.69 Å². The summed E-state index contributed by atoms with van der Waals surface area (Å²) in [5, 5.41) is 3.46. The van der Waals surface area contributed by atoms with Crippen LogP contribution in [0.15, 0.2) is 47.4 Å². The first-order valence-corrected chi connectivity index (χ1v) is 10.8. The maximum absolute atomic E-state index is 12.7. The van der Waals surface area contributed by atoms with Gasteiger partial charge in [-0.3, -0.25) is 9.10 Å². The summed E-state index contributed by atoms with van der Waals surface area (Å²) in [6, 6.07) is 10.5. The fourth-order valence-electron chi connectivity index (χ4n) is 2.46. The molecule has 0 aromatic heterocycles. The smallest absolute Gasteiger partial charge is 0.264 e. The minimum atomic E-state index is -3.76. The van der Waals surface area contributed by atoms with Crippen LogP contribution in [0.25, 0.3) is 0 Å². The van der Waals surface area contributed by atoms with Gasteiger partial charge in [-0.1, -0.05) is 43.0 Å². The number of sulfonamides is 1. The first kappa shape index (κ1) is 21.5. The van der Waals surface area contributed by atoms with E-state index in [1.54, 1.807) is 6.07 Å². The van der Waals surface area contributed by atoms with Crippen LogP contribution in [0.5, 0.6) is 0 Å². The number of carbonyl (C=O) groups is 1. The van der Waals surface area contributed by atoms with E-state index in [4.69, 9.17) is 23.2 Å². The Labute approximate surface area is 170 Å². The third-order valence-electron chi connectivity index (χ3n) is 4.10. The molecule has 0 heterocycles. The second kappa shape index (κ2) is 9.44. The van der Waals surface area contributed by atoms with Crippen molar-refractivity contribution >= 4 is 44.8 Å². The topological polar surface area (TPSA) is 66.5 Å². The molecule has 0 spiro atoms. The van der Waals surface area contributed by atoms with E-state index in [-0.39, 0.29) is 15.8 Å². The predicted molar refractivity (Wildman–Crippen MR) is 110 cm³/mol. The molecule has 1 N–H and O–H groups in total. The molecule has 1 amide bonds. The number of benzene rings is 2. The van der Waals surface area contributed by atoms with Crippen molar-refractivity contribution in [3.05, 3.63) is 58.1 Å². The van der Waals surface area contributed by atoms with Crippen LogP contribution in [0.3, 0.4) is 0 Å². The van der Waals surface area contributed by atoms with Gasteiger partial charge in [0.25, 0.3) is 15.9 Å². The molecular formula is C19H22Cl2N2O3S. The predicted octanol–water partition coefficient (Wildman–Crippen LogP) is 4.74. The highest BCUT2D eigenvalue weighted by atomic mass is 35.5. The van der Waals surface area contributed by atoms with Gasteiger partial charge in [0.15, 0.2) is 0 Å². The summed E-state index contributed by atoms with van der Waals surface area (Å²) < 4.78 is 26.6. The second-order valence-corrected chi connectivity index (χ2v) is 8.87. The van der Waals surface area contributed by atoms with Gasteiger partial charge >= 0.3 is 0 Å². The molecule has 2 aromatic carbocycles. The fourth-order valence-corrected chi connectivity index (χ4v) is 4.03. The molecule has 0 aliphatic carbocycles. The van der Waals surface area contributed by atoms with Gasteiger partial charge in [0.1, 0.15) is 0 Å². The SMILES string of the molecule is CCCCCNC(=O)c1ccc(N(C)S(=O)(=O)c2ccc(Cl)cc2)cc1Cl. The van der Waals surface area contributed by atoms with E-state index >= 15 is 0 Å². The van der Waals surface area contributed by atoms with Crippen LogP contribution in [-0.2, 0) is 10.0 Å². The number of anilines is 1. The van der Waals surface area contributed by atoms with Crippen molar-refractivity contribution in [3.8, 4) is 0 Å². The molecule has 0 unspecified atom stereocenters. The molecule has 5 nitrogen and oxygen atoms in total. The van der Waals surface area contributed by atoms with Crippen LogP contribution in [0.2, 0.25) is 10.0 Å². The number of nitrogens with one attached hydrogen (secondary N) is 1. The molecule has 146 valence electrons. The summed E-state index contributed by atoms with van der Waals surface area (Å²) in [7, 11) is -2.33. The number of hydrogen-bond donors (Lipinski definition) is 1. The summed E-state index contributed by atoms with van der Waals surface area (Å²) in [5.74, 6) is -0.272. The normalized spacial score (nSPS) is 11.3. The van der Waals surface area contributed by atoms with Gasteiger partial charge < -0.3 is 5.32 Å². The Kier molecular flexibility index (Phi) is 7.53. The van der Waals surface area contributed by atoms with E-state index < -0.39 is 10.0 Å². The Balaban J connectivity index is 2.18. The summed E-state index contributed by atoms with van der Waals surface area (Å²) in [6.07, 6.45) is 3.01. The van der Waals surface area contributed by atoms with Crippen molar-refractivity contribution in [1.82, 2.24) is 5.32 Å². The third kappa shape index (κ3) is 5.37. The number of hydrogen-bond acceptors (Lipinski definition) is 3. The molecule has 0 saturated carbocycles. The third-order valence-corrected chi connectivity index (χ3v) is 6.46. The van der Waals surface area contributed by atoms with E-state index in [1.165, 1.54) is 43.4 Å². The zero-order chi connectivity index (χ0) is 20.0. The quantitative estimate of drug-likeness (QED) is 0.617. The molecular weight excluding hydrogens is 407 g/mol. The van der Waals surface area contributed by atoms with Crippen LogP contribution < -0.4 is 9.62 Å². The van der Waals surface area contributed by atoms with Crippen LogP contribution in [0, 0.1) is 0 Å². The monoisotopic (exact) mass is 428 g/mol. The van der Waals surface area contributed by atoms with Gasteiger partial charge in [-0.05, 0) is 48.9 Å². The van der Waals surface area contributed by atoms with Crippen molar-refractivity contribution in [2.45, 2.75) is 31.1 Å². The highest BCUT2D eigenvalue weighted by molar-refractivity contribution is 7.92. The standard InChI is InChI=1S/C19H22Cl2N2O3S/c1-3-4-5-12-22-19(24)17-11-8-15(13-18(17)21)23(2)27(25,26)16-9-6-14(20)7-10-16/h6-11,13H,3-5,12H2,1-2H3,(H,22,24). The number of carbonyl (C=O) groups excluding carboxylic acids is 1. The van der Waals surface area contributed by atoms with E-state index in [9.17, 15) is 13.2 Å². The zero-order valence-electron chi connectivity index (χ0n) is 15.2. The van der Waals surface area contributed by atoms with Crippen molar-refractivity contribution in [3.63, 3.8) is 0 Å². The maximum atomic E-state index is 12.7. The second-order valence-electron chi connectivity index (χ2n) is 6.05. The molecule has 0 saturated heterocycles. The van der Waals surface area contributed by atoms with Crippen molar-refractivity contribution in [2.75, 3.05) is 17.9 Å². The molecule has 27 heavy (non-hydrogen) atoms. The molecule has 0 aliphatic rings. The summed E-state index contributed by atoms with van der Waals surface area (Å²) in [5.41, 5.74) is 0.673. The van der Waals surface area contributed by atoms with E-state index in [2.05, 4.69) is 12.2 Å². The molecule has 0 aliphatic heterocycles. The minimum absolute atomic E-state index is 0.114. The lowest BCUT2D eigenvalue weighted by Crippen LogP contribution is -2.27. The Bertz CT molecular complexity index is 900. The summed E-state index contributed by atoms with van der Waals surface area (Å²) in [4.78, 5) is 12.3. The number of nitrogens with zero attached hydrogens (tertiary/aromatic N) is 1. The lowest BCUT2D eigenvalue weighted by atomic mass is 10.2. The Morgan fingerprint density at radius 1 is 1.07 bits per heavy atom. The van der Waals surface area contributed by atoms with E-state index in [1.807, 2.05) is 0 Å². The summed E-state index contributed by atoms with van der Waals surface area (Å²) in [6.45, 7) is 2.67. The molecule has 2 rings (SSSR count). The van der Waals surface area contributed by atoms with Crippen molar-refractivity contribution in [1.29, 1.82) is 0 Å². The number of unbranched alkanes of at least 4 members (excludes halogenated alkanes) is 2. The summed E-state index contributed by atoms with van der Waals surface area (Å²) >= 11 is 12.0. The number of halogens is 2. The Hall–Kier alpha value is -1.76. The Morgan fingerprint density at radius 2 is 1.74 bits per heavy atom. The van der Waals surface area contributed by atoms with Gasteiger partial charge in [0.05, 0.1) is 21.2 Å². The molecule has 2 aromatic rings. The Morgan fingerprint density at radius 3 is 2.33 bits per heavy atom. The first-order chi connectivity index (χ1) is 12.8. The van der Waals surface area contributed by atoms with E-state index in [0.29, 0.717) is 22.8 Å². The van der Waals surface area contributed by atoms with Crippen LogP contribution in [-0.4, -0.2) is 27.9 Å². The van der Waals surface area contributed by atoms with E-state index in [0.717, 1.165) is 23.6 Å². The molecule has 0 atom stereocenters. The van der Waals surface area contributed by atoms with Crippen molar-refractivity contribution < 1.29 is 13.2 Å². The van der Waals surface area contributed by atoms with Gasteiger partial charge in [0.2, 0.25) is 0 Å². The molecule has 0 bridgehead atoms. The largest absolute Gasteiger partial charge is 0.352 e. The molecule has 0 radical (unpaired) electrons.